The normalized spacial score (nSPS) is 13.5. The quantitative estimate of drug-likeness (QED) is 0.716. The Morgan fingerprint density at radius 2 is 1.79 bits per heavy atom. The second-order valence-electron chi connectivity index (χ2n) is 3.63. The van der Waals surface area contributed by atoms with E-state index in [9.17, 15) is 13.3 Å². The summed E-state index contributed by atoms with van der Waals surface area (Å²) in [6, 6.07) is 2.93. The van der Waals surface area contributed by atoms with Gasteiger partial charge in [0.25, 0.3) is 0 Å². The Kier molecular flexibility index (Phi) is 6.07. The Hall–Kier alpha value is -0.810. The van der Waals surface area contributed by atoms with Gasteiger partial charge in [-0.1, -0.05) is 0 Å². The zero-order valence-corrected chi connectivity index (χ0v) is 12.0. The van der Waals surface area contributed by atoms with Crippen LogP contribution in [0.3, 0.4) is 0 Å². The van der Waals surface area contributed by atoms with Crippen LogP contribution in [0.4, 0.5) is 8.78 Å². The monoisotopic (exact) mass is 294 g/mol. The van der Waals surface area contributed by atoms with Gasteiger partial charge in [0.05, 0.1) is 13.2 Å². The van der Waals surface area contributed by atoms with Gasteiger partial charge in [-0.15, -0.1) is 0 Å². The molecule has 0 aromatic heterocycles. The molecule has 0 bridgehead atoms. The maximum Gasteiger partial charge on any atom is 0.363 e. The molecule has 0 spiro atoms. The van der Waals surface area contributed by atoms with E-state index in [4.69, 9.17) is 13.8 Å². The third kappa shape index (κ3) is 3.83. The number of methoxy groups -OCH3 is 1. The predicted octanol–water partition coefficient (Wildman–Crippen LogP) is 3.88. The van der Waals surface area contributed by atoms with E-state index in [1.807, 2.05) is 0 Å². The molecule has 0 aliphatic heterocycles. The lowest BCUT2D eigenvalue weighted by molar-refractivity contribution is 0.107. The Morgan fingerprint density at radius 1 is 1.21 bits per heavy atom. The molecule has 0 saturated heterocycles. The summed E-state index contributed by atoms with van der Waals surface area (Å²) in [6.45, 7) is 3.53. The van der Waals surface area contributed by atoms with Crippen LogP contribution in [-0.2, 0) is 18.3 Å². The van der Waals surface area contributed by atoms with Gasteiger partial charge >= 0.3 is 7.60 Å². The molecule has 0 aliphatic carbocycles. The SMILES string of the molecule is CCOP(=O)(OCC)C(OC)c1ccc(F)cc1F. The van der Waals surface area contributed by atoms with Crippen molar-refractivity contribution in [1.82, 2.24) is 0 Å². The molecule has 1 rings (SSSR count). The van der Waals surface area contributed by atoms with Crippen molar-refractivity contribution in [2.45, 2.75) is 19.7 Å². The summed E-state index contributed by atoms with van der Waals surface area (Å²) in [5.41, 5.74) is -0.0610. The second kappa shape index (κ2) is 7.10. The van der Waals surface area contributed by atoms with Crippen LogP contribution in [0.15, 0.2) is 18.2 Å². The average molecular weight is 294 g/mol. The number of hydrogen-bond donors (Lipinski definition) is 0. The first-order valence-corrected chi connectivity index (χ1v) is 7.46. The molecule has 0 radical (unpaired) electrons. The number of ether oxygens (including phenoxy) is 1. The maximum absolute atomic E-state index is 13.7. The summed E-state index contributed by atoms with van der Waals surface area (Å²) in [4.78, 5) is 0. The van der Waals surface area contributed by atoms with Gasteiger partial charge in [-0.2, -0.15) is 0 Å². The zero-order valence-electron chi connectivity index (χ0n) is 11.1. The molecule has 0 fully saturated rings. The minimum absolute atomic E-state index is 0.0610. The first-order valence-electron chi connectivity index (χ1n) is 5.85. The van der Waals surface area contributed by atoms with Crippen LogP contribution in [0.5, 0.6) is 0 Å². The summed E-state index contributed by atoms with van der Waals surface area (Å²) < 4.78 is 54.5. The molecule has 108 valence electrons. The largest absolute Gasteiger partial charge is 0.364 e. The van der Waals surface area contributed by atoms with E-state index >= 15 is 0 Å². The molecule has 0 N–H and O–H groups in total. The third-order valence-electron chi connectivity index (χ3n) is 2.36. The lowest BCUT2D eigenvalue weighted by Gasteiger charge is -2.25. The molecule has 1 unspecified atom stereocenters. The van der Waals surface area contributed by atoms with E-state index < -0.39 is 25.1 Å². The summed E-state index contributed by atoms with van der Waals surface area (Å²) in [5, 5.41) is 0. The van der Waals surface area contributed by atoms with E-state index in [1.54, 1.807) is 13.8 Å². The van der Waals surface area contributed by atoms with Crippen LogP contribution in [0, 0.1) is 11.6 Å². The highest BCUT2D eigenvalue weighted by Crippen LogP contribution is 2.61. The van der Waals surface area contributed by atoms with Gasteiger partial charge in [0.2, 0.25) is 0 Å². The van der Waals surface area contributed by atoms with Crippen molar-refractivity contribution in [2.75, 3.05) is 20.3 Å². The molecule has 1 atom stereocenters. The Labute approximate surface area is 111 Å². The fraction of sp³-hybridized carbons (Fsp3) is 0.500. The van der Waals surface area contributed by atoms with Crippen LogP contribution in [-0.4, -0.2) is 20.3 Å². The molecule has 0 heterocycles. The average Bonchev–Trinajstić information content (AvgIpc) is 2.33. The van der Waals surface area contributed by atoms with E-state index in [-0.39, 0.29) is 18.8 Å². The molecule has 1 aromatic carbocycles. The van der Waals surface area contributed by atoms with E-state index in [0.29, 0.717) is 6.07 Å². The highest BCUT2D eigenvalue weighted by Gasteiger charge is 2.38. The molecule has 0 aliphatic rings. The highest BCUT2D eigenvalue weighted by molar-refractivity contribution is 7.54. The van der Waals surface area contributed by atoms with Gasteiger partial charge in [0, 0.05) is 18.7 Å². The highest BCUT2D eigenvalue weighted by atomic mass is 31.2. The molecular formula is C12H17F2O4P. The predicted molar refractivity (Wildman–Crippen MR) is 67.0 cm³/mol. The fourth-order valence-electron chi connectivity index (χ4n) is 1.66. The lowest BCUT2D eigenvalue weighted by atomic mass is 10.2. The number of benzene rings is 1. The van der Waals surface area contributed by atoms with Crippen LogP contribution in [0.25, 0.3) is 0 Å². The Bertz CT molecular complexity index is 457. The van der Waals surface area contributed by atoms with Crippen LogP contribution < -0.4 is 0 Å². The molecule has 0 amide bonds. The van der Waals surface area contributed by atoms with Gasteiger partial charge in [-0.3, -0.25) is 4.57 Å². The van der Waals surface area contributed by atoms with Crippen molar-refractivity contribution >= 4 is 7.60 Å². The van der Waals surface area contributed by atoms with Crippen LogP contribution in [0.1, 0.15) is 25.3 Å². The fourth-order valence-corrected chi connectivity index (χ4v) is 3.53. The Balaban J connectivity index is 3.19. The maximum atomic E-state index is 13.7. The van der Waals surface area contributed by atoms with Gasteiger partial charge < -0.3 is 13.8 Å². The topological polar surface area (TPSA) is 44.8 Å². The van der Waals surface area contributed by atoms with Gasteiger partial charge in [-0.25, -0.2) is 8.78 Å². The first-order chi connectivity index (χ1) is 8.98. The van der Waals surface area contributed by atoms with Crippen molar-refractivity contribution < 1.29 is 27.1 Å². The molecule has 4 nitrogen and oxygen atoms in total. The van der Waals surface area contributed by atoms with E-state index in [2.05, 4.69) is 0 Å². The smallest absolute Gasteiger partial charge is 0.363 e. The number of rotatable bonds is 7. The van der Waals surface area contributed by atoms with Crippen LogP contribution >= 0.6 is 7.60 Å². The molecule has 7 heteroatoms. The number of halogens is 2. The Morgan fingerprint density at radius 3 is 2.21 bits per heavy atom. The standard InChI is InChI=1S/C12H17F2O4P/c1-4-17-19(15,18-5-2)12(16-3)10-7-6-9(13)8-11(10)14/h6-8,12H,4-5H2,1-3H3. The van der Waals surface area contributed by atoms with Crippen LogP contribution in [0.2, 0.25) is 0 Å². The summed E-state index contributed by atoms with van der Waals surface area (Å²) in [5.74, 6) is -2.81. The van der Waals surface area contributed by atoms with E-state index in [1.165, 1.54) is 13.2 Å². The summed E-state index contributed by atoms with van der Waals surface area (Å²) >= 11 is 0. The minimum Gasteiger partial charge on any atom is -0.364 e. The van der Waals surface area contributed by atoms with Gasteiger partial charge in [0.15, 0.2) is 5.85 Å². The number of hydrogen-bond acceptors (Lipinski definition) is 4. The summed E-state index contributed by atoms with van der Waals surface area (Å²) in [7, 11) is -2.42. The van der Waals surface area contributed by atoms with Gasteiger partial charge in [-0.05, 0) is 26.0 Å². The first kappa shape index (κ1) is 16.2. The van der Waals surface area contributed by atoms with Crippen molar-refractivity contribution in [2.24, 2.45) is 0 Å². The summed E-state index contributed by atoms with van der Waals surface area (Å²) in [6.07, 6.45) is 0. The zero-order chi connectivity index (χ0) is 14.5. The second-order valence-corrected chi connectivity index (χ2v) is 5.69. The van der Waals surface area contributed by atoms with Crippen molar-refractivity contribution in [3.8, 4) is 0 Å². The van der Waals surface area contributed by atoms with Crippen molar-refractivity contribution in [3.63, 3.8) is 0 Å². The van der Waals surface area contributed by atoms with Crippen molar-refractivity contribution in [3.05, 3.63) is 35.4 Å². The molecular weight excluding hydrogens is 277 g/mol. The molecule has 19 heavy (non-hydrogen) atoms. The van der Waals surface area contributed by atoms with Gasteiger partial charge in [0.1, 0.15) is 11.6 Å². The van der Waals surface area contributed by atoms with Crippen molar-refractivity contribution in [1.29, 1.82) is 0 Å². The molecule has 1 aromatic rings. The lowest BCUT2D eigenvalue weighted by Crippen LogP contribution is -2.10. The third-order valence-corrected chi connectivity index (χ3v) is 4.66. The van der Waals surface area contributed by atoms with E-state index in [0.717, 1.165) is 6.07 Å². The molecule has 0 saturated carbocycles. The minimum atomic E-state index is -3.68.